The monoisotopic (exact) mass is 434 g/mol. The number of hydrogen-bond acceptors (Lipinski definition) is 6. The van der Waals surface area contributed by atoms with E-state index in [-0.39, 0.29) is 17.9 Å². The number of rotatable bonds is 6. The van der Waals surface area contributed by atoms with E-state index in [0.717, 1.165) is 70.0 Å². The number of carbonyl (C=O) groups is 2. The van der Waals surface area contributed by atoms with Crippen LogP contribution in [0.4, 0.5) is 11.6 Å². The molecule has 168 valence electrons. The third kappa shape index (κ3) is 4.07. The summed E-state index contributed by atoms with van der Waals surface area (Å²) in [6, 6.07) is 9.11. The van der Waals surface area contributed by atoms with Gasteiger partial charge in [-0.05, 0) is 50.4 Å². The molecule has 2 fully saturated rings. The van der Waals surface area contributed by atoms with Gasteiger partial charge in [0.15, 0.2) is 0 Å². The Balaban J connectivity index is 1.16. The summed E-state index contributed by atoms with van der Waals surface area (Å²) in [6.45, 7) is 6.21. The van der Waals surface area contributed by atoms with Crippen LogP contribution in [-0.4, -0.2) is 83.4 Å². The van der Waals surface area contributed by atoms with Crippen LogP contribution in [0.5, 0.6) is 0 Å². The molecule has 3 aliphatic heterocycles. The van der Waals surface area contributed by atoms with Crippen molar-refractivity contribution in [1.29, 1.82) is 0 Å². The summed E-state index contributed by atoms with van der Waals surface area (Å²) < 4.78 is 0. The minimum atomic E-state index is -0.303. The van der Waals surface area contributed by atoms with Gasteiger partial charge in [0.05, 0.1) is 11.3 Å². The number of para-hydroxylation sites is 1. The quantitative estimate of drug-likeness (QED) is 0.648. The second kappa shape index (κ2) is 9.24. The van der Waals surface area contributed by atoms with E-state index in [9.17, 15) is 9.59 Å². The number of hydrogen-bond donors (Lipinski definition) is 0. The minimum Gasteiger partial charge on any atom is -0.338 e. The van der Waals surface area contributed by atoms with E-state index >= 15 is 0 Å². The van der Waals surface area contributed by atoms with Crippen molar-refractivity contribution in [2.75, 3.05) is 55.6 Å². The predicted octanol–water partition coefficient (Wildman–Crippen LogP) is 2.03. The van der Waals surface area contributed by atoms with Gasteiger partial charge in [0.1, 0.15) is 6.04 Å². The van der Waals surface area contributed by atoms with Crippen LogP contribution < -0.4 is 9.80 Å². The van der Waals surface area contributed by atoms with Crippen LogP contribution in [0.25, 0.3) is 0 Å². The number of unbranched alkanes of at least 4 members (excludes halogenated alkanes) is 1. The van der Waals surface area contributed by atoms with Crippen LogP contribution in [0.3, 0.4) is 0 Å². The number of piperazine rings is 1. The van der Waals surface area contributed by atoms with Crippen LogP contribution in [0.2, 0.25) is 0 Å². The largest absolute Gasteiger partial charge is 0.338 e. The van der Waals surface area contributed by atoms with E-state index in [4.69, 9.17) is 0 Å². The highest BCUT2D eigenvalue weighted by atomic mass is 16.2. The lowest BCUT2D eigenvalue weighted by Crippen LogP contribution is -2.47. The van der Waals surface area contributed by atoms with Crippen molar-refractivity contribution in [3.8, 4) is 0 Å². The Kier molecular flexibility index (Phi) is 6.03. The molecule has 3 aliphatic rings. The molecule has 2 amide bonds. The Morgan fingerprint density at radius 3 is 2.44 bits per heavy atom. The van der Waals surface area contributed by atoms with Gasteiger partial charge in [0.2, 0.25) is 11.9 Å². The Labute approximate surface area is 188 Å². The van der Waals surface area contributed by atoms with Crippen LogP contribution in [0, 0.1) is 0 Å². The molecule has 0 aliphatic carbocycles. The van der Waals surface area contributed by atoms with E-state index in [1.54, 1.807) is 17.3 Å². The van der Waals surface area contributed by atoms with Gasteiger partial charge in [-0.1, -0.05) is 12.1 Å². The molecule has 2 saturated heterocycles. The zero-order chi connectivity index (χ0) is 21.9. The molecule has 8 nitrogen and oxygen atoms in total. The molecule has 32 heavy (non-hydrogen) atoms. The summed E-state index contributed by atoms with van der Waals surface area (Å²) in [5.41, 5.74) is 1.43. The SMILES string of the molecule is O=C1C2CCCN2C(=O)c2ccccc2N1CCCCN1CCN(c2ncccn2)CC1. The van der Waals surface area contributed by atoms with Crippen molar-refractivity contribution in [3.63, 3.8) is 0 Å². The summed E-state index contributed by atoms with van der Waals surface area (Å²) in [7, 11) is 0. The van der Waals surface area contributed by atoms with Gasteiger partial charge in [0.25, 0.3) is 5.91 Å². The maximum absolute atomic E-state index is 13.3. The lowest BCUT2D eigenvalue weighted by Gasteiger charge is -2.34. The summed E-state index contributed by atoms with van der Waals surface area (Å²) in [4.78, 5) is 43.3. The molecule has 2 aromatic rings. The number of carbonyl (C=O) groups excluding carboxylic acids is 2. The number of amides is 2. The van der Waals surface area contributed by atoms with E-state index in [2.05, 4.69) is 19.8 Å². The second-order valence-corrected chi connectivity index (χ2v) is 8.75. The zero-order valence-corrected chi connectivity index (χ0v) is 18.4. The standard InChI is InChI=1S/C24H30N6O2/c31-22-19-7-1-2-8-20(19)29(23(32)21-9-5-14-30(21)22)13-4-3-12-27-15-17-28(18-16-27)24-25-10-6-11-26-24/h1-2,6-8,10-11,21H,3-5,9,12-18H2. The van der Waals surface area contributed by atoms with Crippen molar-refractivity contribution in [3.05, 3.63) is 48.3 Å². The fourth-order valence-corrected chi connectivity index (χ4v) is 5.07. The van der Waals surface area contributed by atoms with Crippen LogP contribution >= 0.6 is 0 Å². The number of benzene rings is 1. The molecule has 4 heterocycles. The second-order valence-electron chi connectivity index (χ2n) is 8.75. The molecule has 1 aromatic carbocycles. The maximum atomic E-state index is 13.3. The van der Waals surface area contributed by atoms with Crippen LogP contribution in [0.1, 0.15) is 36.0 Å². The van der Waals surface area contributed by atoms with Gasteiger partial charge in [-0.2, -0.15) is 0 Å². The number of anilines is 2. The molecule has 0 radical (unpaired) electrons. The Hall–Kier alpha value is -3.00. The number of nitrogens with zero attached hydrogens (tertiary/aromatic N) is 6. The molecular formula is C24H30N6O2. The fraction of sp³-hybridized carbons (Fsp3) is 0.500. The first-order chi connectivity index (χ1) is 15.7. The van der Waals surface area contributed by atoms with Gasteiger partial charge < -0.3 is 14.7 Å². The third-order valence-corrected chi connectivity index (χ3v) is 6.80. The van der Waals surface area contributed by atoms with E-state index < -0.39 is 0 Å². The Morgan fingerprint density at radius 1 is 0.875 bits per heavy atom. The van der Waals surface area contributed by atoms with Crippen LogP contribution in [0.15, 0.2) is 42.7 Å². The van der Waals surface area contributed by atoms with Gasteiger partial charge >= 0.3 is 0 Å². The molecule has 1 atom stereocenters. The van der Waals surface area contributed by atoms with Gasteiger partial charge in [0, 0.05) is 51.7 Å². The summed E-state index contributed by atoms with van der Waals surface area (Å²) in [5, 5.41) is 0. The molecule has 1 unspecified atom stereocenters. The highest BCUT2D eigenvalue weighted by Gasteiger charge is 2.41. The van der Waals surface area contributed by atoms with Crippen molar-refractivity contribution < 1.29 is 9.59 Å². The molecular weight excluding hydrogens is 404 g/mol. The van der Waals surface area contributed by atoms with Crippen molar-refractivity contribution in [2.24, 2.45) is 0 Å². The Bertz CT molecular complexity index is 960. The average Bonchev–Trinajstić information content (AvgIpc) is 3.32. The van der Waals surface area contributed by atoms with Crippen LogP contribution in [-0.2, 0) is 4.79 Å². The molecule has 5 rings (SSSR count). The molecule has 0 N–H and O–H groups in total. The maximum Gasteiger partial charge on any atom is 0.256 e. The first kappa shape index (κ1) is 20.9. The Morgan fingerprint density at radius 2 is 1.62 bits per heavy atom. The van der Waals surface area contributed by atoms with E-state index in [0.29, 0.717) is 18.7 Å². The van der Waals surface area contributed by atoms with Crippen molar-refractivity contribution in [1.82, 2.24) is 19.8 Å². The van der Waals surface area contributed by atoms with Crippen molar-refractivity contribution in [2.45, 2.75) is 31.7 Å². The third-order valence-electron chi connectivity index (χ3n) is 6.80. The van der Waals surface area contributed by atoms with Gasteiger partial charge in [-0.15, -0.1) is 0 Å². The average molecular weight is 435 g/mol. The van der Waals surface area contributed by atoms with Gasteiger partial charge in [-0.25, -0.2) is 9.97 Å². The highest BCUT2D eigenvalue weighted by Crippen LogP contribution is 2.32. The fourth-order valence-electron chi connectivity index (χ4n) is 5.07. The lowest BCUT2D eigenvalue weighted by molar-refractivity contribution is -0.122. The minimum absolute atomic E-state index is 0.000725. The van der Waals surface area contributed by atoms with E-state index in [1.165, 1.54) is 0 Å². The molecule has 0 saturated carbocycles. The van der Waals surface area contributed by atoms with E-state index in [1.807, 2.05) is 35.2 Å². The lowest BCUT2D eigenvalue weighted by atomic mass is 10.1. The zero-order valence-electron chi connectivity index (χ0n) is 18.4. The summed E-state index contributed by atoms with van der Waals surface area (Å²) >= 11 is 0. The number of fused-ring (bicyclic) bond motifs is 2. The molecule has 0 spiro atoms. The summed E-state index contributed by atoms with van der Waals surface area (Å²) in [6.07, 6.45) is 7.19. The smallest absolute Gasteiger partial charge is 0.256 e. The van der Waals surface area contributed by atoms with Gasteiger partial charge in [-0.3, -0.25) is 14.5 Å². The normalized spacial score (nSPS) is 21.5. The first-order valence-corrected chi connectivity index (χ1v) is 11.7. The highest BCUT2D eigenvalue weighted by molar-refractivity contribution is 6.11. The molecule has 0 bridgehead atoms. The number of aromatic nitrogens is 2. The summed E-state index contributed by atoms with van der Waals surface area (Å²) in [5.74, 6) is 0.887. The topological polar surface area (TPSA) is 72.9 Å². The molecule has 8 heteroatoms. The molecule has 1 aromatic heterocycles. The van der Waals surface area contributed by atoms with Crippen molar-refractivity contribution >= 4 is 23.5 Å². The first-order valence-electron chi connectivity index (χ1n) is 11.7. The predicted molar refractivity (Wildman–Crippen MR) is 123 cm³/mol.